The second-order valence-corrected chi connectivity index (χ2v) is 6.86. The van der Waals surface area contributed by atoms with E-state index in [1.165, 1.54) is 0 Å². The molecule has 2 rings (SSSR count). The highest BCUT2D eigenvalue weighted by molar-refractivity contribution is 5.94. The number of nitrogens with zero attached hydrogens (tertiary/aromatic N) is 1. The maximum absolute atomic E-state index is 12.4. The number of carbonyl (C=O) groups excluding carboxylic acids is 2. The number of ketones is 1. The molecule has 1 amide bonds. The molecule has 0 saturated carbocycles. The van der Waals surface area contributed by atoms with E-state index in [9.17, 15) is 9.59 Å². The van der Waals surface area contributed by atoms with Gasteiger partial charge < -0.3 is 9.64 Å². The number of piperidine rings is 1. The van der Waals surface area contributed by atoms with Crippen molar-refractivity contribution in [2.75, 3.05) is 6.54 Å². The van der Waals surface area contributed by atoms with Crippen molar-refractivity contribution in [3.05, 3.63) is 35.4 Å². The first-order valence-corrected chi connectivity index (χ1v) is 7.88. The Bertz CT molecular complexity index is 542. The Morgan fingerprint density at radius 3 is 2.32 bits per heavy atom. The summed E-state index contributed by atoms with van der Waals surface area (Å²) in [6.45, 7) is 7.92. The van der Waals surface area contributed by atoms with E-state index in [0.717, 1.165) is 24.8 Å². The number of benzene rings is 1. The van der Waals surface area contributed by atoms with Crippen LogP contribution in [0.2, 0.25) is 0 Å². The molecule has 1 saturated heterocycles. The van der Waals surface area contributed by atoms with Gasteiger partial charge in [0.1, 0.15) is 5.60 Å². The van der Waals surface area contributed by atoms with Gasteiger partial charge in [0.05, 0.1) is 6.04 Å². The Morgan fingerprint density at radius 1 is 1.14 bits per heavy atom. The molecule has 1 aromatic rings. The van der Waals surface area contributed by atoms with E-state index in [4.69, 9.17) is 4.74 Å². The Balaban J connectivity index is 2.19. The average molecular weight is 303 g/mol. The summed E-state index contributed by atoms with van der Waals surface area (Å²) in [5.74, 6) is 0.0548. The van der Waals surface area contributed by atoms with Gasteiger partial charge in [-0.05, 0) is 52.5 Å². The van der Waals surface area contributed by atoms with Crippen molar-refractivity contribution in [1.82, 2.24) is 4.90 Å². The molecule has 4 nitrogen and oxygen atoms in total. The molecule has 1 heterocycles. The number of Topliss-reactive ketones (excluding diaryl/α,β-unsaturated/α-hetero) is 1. The van der Waals surface area contributed by atoms with Gasteiger partial charge in [-0.2, -0.15) is 0 Å². The quantitative estimate of drug-likeness (QED) is 0.763. The van der Waals surface area contributed by atoms with Crippen LogP contribution in [0, 0.1) is 0 Å². The Kier molecular flexibility index (Phi) is 4.89. The van der Waals surface area contributed by atoms with Crippen molar-refractivity contribution in [2.24, 2.45) is 0 Å². The topological polar surface area (TPSA) is 46.6 Å². The van der Waals surface area contributed by atoms with Gasteiger partial charge in [-0.3, -0.25) is 4.79 Å². The van der Waals surface area contributed by atoms with Crippen LogP contribution in [0.25, 0.3) is 0 Å². The molecular weight excluding hydrogens is 278 g/mol. The van der Waals surface area contributed by atoms with Crippen molar-refractivity contribution in [3.8, 4) is 0 Å². The summed E-state index contributed by atoms with van der Waals surface area (Å²) >= 11 is 0. The van der Waals surface area contributed by atoms with Crippen molar-refractivity contribution in [3.63, 3.8) is 0 Å². The highest BCUT2D eigenvalue weighted by Crippen LogP contribution is 2.32. The summed E-state index contributed by atoms with van der Waals surface area (Å²) in [5.41, 5.74) is 1.27. The zero-order valence-electron chi connectivity index (χ0n) is 13.9. The standard InChI is InChI=1S/C18H25NO3/c1-13(20)14-8-10-15(11-9-14)16-7-5-6-12-19(16)17(21)22-18(2,3)4/h8-11,16H,5-7,12H2,1-4H3. The molecule has 4 heteroatoms. The fourth-order valence-electron chi connectivity index (χ4n) is 2.76. The fourth-order valence-corrected chi connectivity index (χ4v) is 2.76. The third-order valence-corrected chi connectivity index (χ3v) is 3.83. The second kappa shape index (κ2) is 6.51. The minimum absolute atomic E-state index is 0.0320. The number of ether oxygens (including phenoxy) is 1. The highest BCUT2D eigenvalue weighted by atomic mass is 16.6. The van der Waals surface area contributed by atoms with Crippen LogP contribution in [0.3, 0.4) is 0 Å². The molecule has 1 unspecified atom stereocenters. The zero-order chi connectivity index (χ0) is 16.3. The number of carbonyl (C=O) groups is 2. The molecule has 0 N–H and O–H groups in total. The Morgan fingerprint density at radius 2 is 1.77 bits per heavy atom. The fraction of sp³-hybridized carbons (Fsp3) is 0.556. The summed E-state index contributed by atoms with van der Waals surface area (Å²) < 4.78 is 5.52. The normalized spacial score (nSPS) is 18.9. The number of rotatable bonds is 2. The lowest BCUT2D eigenvalue weighted by Crippen LogP contribution is -2.41. The molecule has 0 aromatic heterocycles. The summed E-state index contributed by atoms with van der Waals surface area (Å²) in [4.78, 5) is 25.6. The molecule has 0 spiro atoms. The Hall–Kier alpha value is -1.84. The minimum atomic E-state index is -0.489. The van der Waals surface area contributed by atoms with Crippen LogP contribution in [0.1, 0.15) is 68.9 Å². The van der Waals surface area contributed by atoms with Crippen molar-refractivity contribution < 1.29 is 14.3 Å². The summed E-state index contributed by atoms with van der Waals surface area (Å²) in [5, 5.41) is 0. The lowest BCUT2D eigenvalue weighted by molar-refractivity contribution is 0.00950. The molecule has 0 radical (unpaired) electrons. The average Bonchev–Trinajstić information content (AvgIpc) is 2.45. The van der Waals surface area contributed by atoms with Crippen LogP contribution in [-0.2, 0) is 4.74 Å². The molecule has 1 aromatic carbocycles. The van der Waals surface area contributed by atoms with Gasteiger partial charge >= 0.3 is 6.09 Å². The van der Waals surface area contributed by atoms with Gasteiger partial charge in [-0.1, -0.05) is 24.3 Å². The minimum Gasteiger partial charge on any atom is -0.444 e. The number of hydrogen-bond acceptors (Lipinski definition) is 3. The summed E-state index contributed by atoms with van der Waals surface area (Å²) in [6.07, 6.45) is 2.77. The molecule has 22 heavy (non-hydrogen) atoms. The third-order valence-electron chi connectivity index (χ3n) is 3.83. The second-order valence-electron chi connectivity index (χ2n) is 6.86. The van der Waals surface area contributed by atoms with Gasteiger partial charge in [0, 0.05) is 12.1 Å². The number of likely N-dealkylation sites (tertiary alicyclic amines) is 1. The van der Waals surface area contributed by atoms with E-state index in [1.807, 2.05) is 49.9 Å². The van der Waals surface area contributed by atoms with Crippen molar-refractivity contribution in [2.45, 2.75) is 58.6 Å². The Labute approximate surface area is 132 Å². The monoisotopic (exact) mass is 303 g/mol. The molecule has 1 aliphatic heterocycles. The molecule has 1 fully saturated rings. The molecule has 1 atom stereocenters. The van der Waals surface area contributed by atoms with E-state index in [0.29, 0.717) is 12.1 Å². The van der Waals surface area contributed by atoms with Crippen molar-refractivity contribution in [1.29, 1.82) is 0 Å². The van der Waals surface area contributed by atoms with E-state index in [2.05, 4.69) is 0 Å². The SMILES string of the molecule is CC(=O)c1ccc(C2CCCCN2C(=O)OC(C)(C)C)cc1. The predicted molar refractivity (Wildman–Crippen MR) is 86.0 cm³/mol. The third kappa shape index (κ3) is 4.09. The maximum atomic E-state index is 12.4. The lowest BCUT2D eigenvalue weighted by atomic mass is 9.94. The summed E-state index contributed by atoms with van der Waals surface area (Å²) in [6, 6.07) is 7.59. The van der Waals surface area contributed by atoms with E-state index >= 15 is 0 Å². The largest absolute Gasteiger partial charge is 0.444 e. The molecule has 120 valence electrons. The maximum Gasteiger partial charge on any atom is 0.410 e. The van der Waals surface area contributed by atoms with Gasteiger partial charge in [0.2, 0.25) is 0 Å². The lowest BCUT2D eigenvalue weighted by Gasteiger charge is -2.37. The molecule has 0 bridgehead atoms. The van der Waals surface area contributed by atoms with Crippen LogP contribution >= 0.6 is 0 Å². The van der Waals surface area contributed by atoms with Crippen LogP contribution in [-0.4, -0.2) is 28.9 Å². The van der Waals surface area contributed by atoms with E-state index in [-0.39, 0.29) is 17.9 Å². The van der Waals surface area contributed by atoms with Crippen molar-refractivity contribution >= 4 is 11.9 Å². The van der Waals surface area contributed by atoms with Gasteiger partial charge in [-0.25, -0.2) is 4.79 Å². The van der Waals surface area contributed by atoms with E-state index in [1.54, 1.807) is 6.92 Å². The molecule has 0 aliphatic carbocycles. The highest BCUT2D eigenvalue weighted by Gasteiger charge is 2.31. The van der Waals surface area contributed by atoms with Gasteiger partial charge in [0.25, 0.3) is 0 Å². The van der Waals surface area contributed by atoms with Gasteiger partial charge in [0.15, 0.2) is 5.78 Å². The predicted octanol–water partition coefficient (Wildman–Crippen LogP) is 4.35. The van der Waals surface area contributed by atoms with Gasteiger partial charge in [-0.15, -0.1) is 0 Å². The number of amides is 1. The molecular formula is C18H25NO3. The molecule has 1 aliphatic rings. The zero-order valence-corrected chi connectivity index (χ0v) is 13.9. The van der Waals surface area contributed by atoms with E-state index < -0.39 is 5.60 Å². The first-order chi connectivity index (χ1) is 10.3. The first-order valence-electron chi connectivity index (χ1n) is 7.88. The number of hydrogen-bond donors (Lipinski definition) is 0. The van der Waals surface area contributed by atoms with Crippen LogP contribution in [0.15, 0.2) is 24.3 Å². The summed E-state index contributed by atoms with van der Waals surface area (Å²) in [7, 11) is 0. The first kappa shape index (κ1) is 16.5. The van der Waals surface area contributed by atoms with Crippen LogP contribution in [0.5, 0.6) is 0 Å². The van der Waals surface area contributed by atoms with Crippen LogP contribution in [0.4, 0.5) is 4.79 Å². The van der Waals surface area contributed by atoms with Crippen LogP contribution < -0.4 is 0 Å². The smallest absolute Gasteiger partial charge is 0.410 e.